The summed E-state index contributed by atoms with van der Waals surface area (Å²) in [5, 5.41) is 52.8. The van der Waals surface area contributed by atoms with Crippen molar-refractivity contribution < 1.29 is 86.6 Å². The summed E-state index contributed by atoms with van der Waals surface area (Å²) >= 11 is 2.47. The minimum absolute atomic E-state index is 0.00218. The minimum atomic E-state index is -1.72. The van der Waals surface area contributed by atoms with Gasteiger partial charge in [0.1, 0.15) is 84.6 Å². The first-order valence-electron chi connectivity index (χ1n) is 42.7. The van der Waals surface area contributed by atoms with Crippen molar-refractivity contribution in [3.8, 4) is 0 Å². The molecule has 0 unspecified atom stereocenters. The van der Waals surface area contributed by atoms with Gasteiger partial charge in [-0.15, -0.1) is 0 Å². The number of aliphatic hydroxyl groups excluding tert-OH is 1. The summed E-state index contributed by atoms with van der Waals surface area (Å²) in [6.45, 7) is 19.9. The number of benzene rings is 2. The highest BCUT2D eigenvalue weighted by Crippen LogP contribution is 2.21. The number of nitrogens with one attached hydrogen (secondary N) is 16. The number of fused-ring (bicyclic) bond motifs is 20. The number of thioether (sulfide) groups is 2. The fourth-order valence-corrected chi connectivity index (χ4v) is 14.9. The van der Waals surface area contributed by atoms with Crippen molar-refractivity contribution in [3.05, 3.63) is 71.3 Å². The first kappa shape index (κ1) is 108. The van der Waals surface area contributed by atoms with Crippen molar-refractivity contribution in [2.75, 3.05) is 50.8 Å². The largest absolute Gasteiger partial charge is 0.394 e. The van der Waals surface area contributed by atoms with Gasteiger partial charge in [0, 0.05) is 36.4 Å². The SMILES string of the molecule is CC[C@H](C)[C@H](NC(=O)[C@@H](NC(=O)[C@H](C)NC(=O)[C@H](Cc1ccccc1)NC(=O)[C@H](CC(C)C)NC(=O)CNC(C)=O)C(C)C)C(=O)N[C@@H](CCCCN)C(=O)N[C@@H](CCCCN)C(=O)N[C@H]1CSCc2ccc(cc2)CSC[C@@H](C(=O)N[C@@H](CCCCN)C(=O)NCC(=O)N[C@@H](CC(C)C)C(N)=O)NC(=O)[C@H](C(C)C)NC(=O)[C@H](CO)NC(=O)[C@H](C)NC1=O. The monoisotopic (exact) mass is 1780 g/mol. The number of hydrogen-bond donors (Lipinski definition) is 21. The molecule has 2 aliphatic heterocycles. The second-order valence-electron chi connectivity index (χ2n) is 32.8. The Morgan fingerprint density at radius 2 is 0.968 bits per heavy atom. The molecule has 4 rings (SSSR count). The van der Waals surface area contributed by atoms with Crippen LogP contribution in [-0.4, -0.2) is 241 Å². The number of aliphatic hydroxyl groups is 1. The standard InChI is InChI=1S/C84H138N20O18S2/c1-14-50(10)70(104-83(121)69(49(8)9)102-73(111)52(12)91-77(115)62(38-54-24-16-15-17-25-54)98-78(116)61(37-47(4)5)94-66(107)39-89-53(13)106)84(122)97-59(28-20-23-35-87)75(113)96-58(27-19-22-34-86)76(114)100-64-44-123-42-55-29-31-56(32-30-55)43-124-45-65(101-82(120)68(48(6)7)103-79(117)63(41-105)99-72(110)51(11)92-80(64)118)81(119)95-57(26-18-21-33-85)74(112)90-40-67(108)93-60(71(88)109)36-46(2)3/h15-17,24-25,29-32,46-52,57-65,68-70,105H,14,18-23,26-28,33-45,85-87H2,1-13H3,(H2,88,109)(H,89,106)(H,90,112)(H,91,115)(H,92,118)(H,93,108)(H,94,107)(H,95,119)(H,96,113)(H,97,122)(H,98,116)(H,99,110)(H,100,114)(H,101,120)(H,102,111)(H,103,117)(H,104,121)/t50-,51-,52-,57-,58-,59-,60-,61-,62-,63-,64-,65-,68-,69-,70-/m0/s1. The number of rotatable bonds is 47. The molecule has 0 aromatic heterocycles. The summed E-state index contributed by atoms with van der Waals surface area (Å²) in [6.07, 6.45) is 2.98. The third-order valence-corrected chi connectivity index (χ3v) is 22.5. The lowest BCUT2D eigenvalue weighted by Crippen LogP contribution is -2.62. The molecule has 0 radical (unpaired) electrons. The number of primary amides is 1. The number of carbonyl (C=O) groups excluding carboxylic acids is 17. The molecule has 2 aromatic rings. The Morgan fingerprint density at radius 1 is 0.484 bits per heavy atom. The third kappa shape index (κ3) is 40.3. The predicted molar refractivity (Wildman–Crippen MR) is 472 cm³/mol. The maximum atomic E-state index is 14.9. The lowest BCUT2D eigenvalue weighted by Gasteiger charge is -2.30. The summed E-state index contributed by atoms with van der Waals surface area (Å²) in [5.41, 5.74) is 25.3. The summed E-state index contributed by atoms with van der Waals surface area (Å²) in [6, 6.07) is -2.68. The van der Waals surface area contributed by atoms with Gasteiger partial charge < -0.3 is 113 Å². The molecule has 0 saturated heterocycles. The van der Waals surface area contributed by atoms with Gasteiger partial charge in [0.2, 0.25) is 100 Å². The zero-order chi connectivity index (χ0) is 92.9. The molecule has 0 saturated carbocycles. The van der Waals surface area contributed by atoms with Gasteiger partial charge in [0.15, 0.2) is 0 Å². The van der Waals surface area contributed by atoms with Crippen molar-refractivity contribution in [1.82, 2.24) is 85.1 Å². The van der Waals surface area contributed by atoms with Crippen LogP contribution in [0, 0.1) is 29.6 Å². The fraction of sp³-hybridized carbons (Fsp3) is 0.655. The third-order valence-electron chi connectivity index (χ3n) is 20.3. The summed E-state index contributed by atoms with van der Waals surface area (Å²) in [4.78, 5) is 236. The molecule has 0 fully saturated rings. The quantitative estimate of drug-likeness (QED) is 0.0247. The Kier molecular flexibility index (Phi) is 50.1. The highest BCUT2D eigenvalue weighted by molar-refractivity contribution is 7.98. The lowest BCUT2D eigenvalue weighted by molar-refractivity contribution is -0.137. The molecule has 694 valence electrons. The Labute approximate surface area is 736 Å². The molecule has 124 heavy (non-hydrogen) atoms. The maximum absolute atomic E-state index is 14.9. The molecule has 0 aliphatic carbocycles. The van der Waals surface area contributed by atoms with Gasteiger partial charge in [0.05, 0.1) is 19.7 Å². The highest BCUT2D eigenvalue weighted by atomic mass is 32.2. The van der Waals surface area contributed by atoms with Gasteiger partial charge in [-0.2, -0.15) is 23.5 Å². The number of amides is 17. The average Bonchev–Trinajstić information content (AvgIpc) is 0.988. The minimum Gasteiger partial charge on any atom is -0.394 e. The molecule has 2 aliphatic rings. The molecular formula is C84H138N20O18S2. The maximum Gasteiger partial charge on any atom is 0.245 e. The number of carbonyl (C=O) groups is 17. The van der Waals surface area contributed by atoms with Crippen LogP contribution < -0.4 is 108 Å². The molecule has 15 atom stereocenters. The van der Waals surface area contributed by atoms with Crippen LogP contribution in [0.15, 0.2) is 54.6 Å². The van der Waals surface area contributed by atoms with E-state index in [1.165, 1.54) is 44.3 Å². The number of nitrogens with two attached hydrogens (primary N) is 4. The Bertz CT molecular complexity index is 3830. The fourth-order valence-electron chi connectivity index (χ4n) is 12.8. The normalized spacial score (nSPS) is 18.6. The van der Waals surface area contributed by atoms with Gasteiger partial charge in [0.25, 0.3) is 0 Å². The van der Waals surface area contributed by atoms with Crippen molar-refractivity contribution in [2.24, 2.45) is 52.5 Å². The van der Waals surface area contributed by atoms with Crippen LogP contribution in [0.5, 0.6) is 0 Å². The molecular weight excluding hydrogens is 1640 g/mol. The number of hydrogen-bond acceptors (Lipinski definition) is 23. The second kappa shape index (κ2) is 57.5. The Morgan fingerprint density at radius 3 is 1.48 bits per heavy atom. The predicted octanol–water partition coefficient (Wildman–Crippen LogP) is -2.20. The molecule has 25 N–H and O–H groups in total. The van der Waals surface area contributed by atoms with E-state index in [0.29, 0.717) is 44.1 Å². The zero-order valence-electron chi connectivity index (χ0n) is 73.9. The van der Waals surface area contributed by atoms with Crippen LogP contribution in [0.2, 0.25) is 0 Å². The van der Waals surface area contributed by atoms with Crippen molar-refractivity contribution in [3.63, 3.8) is 0 Å². The van der Waals surface area contributed by atoms with E-state index >= 15 is 0 Å². The van der Waals surface area contributed by atoms with Crippen molar-refractivity contribution in [2.45, 2.75) is 270 Å². The molecule has 2 aromatic carbocycles. The Hall–Kier alpha value is -10.0. The first-order chi connectivity index (χ1) is 58.7. The van der Waals surface area contributed by atoms with E-state index in [-0.39, 0.29) is 99.4 Å². The van der Waals surface area contributed by atoms with Crippen LogP contribution in [0.4, 0.5) is 0 Å². The summed E-state index contributed by atoms with van der Waals surface area (Å²) in [7, 11) is 0. The summed E-state index contributed by atoms with van der Waals surface area (Å²) in [5.74, 6) is -15.0. The van der Waals surface area contributed by atoms with Crippen LogP contribution in [0.1, 0.15) is 184 Å². The lowest BCUT2D eigenvalue weighted by atomic mass is 9.95. The topological polar surface area (TPSA) is 607 Å². The molecule has 17 amide bonds. The smallest absolute Gasteiger partial charge is 0.245 e. The van der Waals surface area contributed by atoms with E-state index in [4.69, 9.17) is 22.9 Å². The van der Waals surface area contributed by atoms with E-state index < -0.39 is 222 Å². The van der Waals surface area contributed by atoms with Gasteiger partial charge in [-0.3, -0.25) is 81.5 Å². The van der Waals surface area contributed by atoms with Crippen LogP contribution in [-0.2, 0) is 99.4 Å². The Balaban J connectivity index is 1.96. The van der Waals surface area contributed by atoms with Crippen LogP contribution >= 0.6 is 23.5 Å². The van der Waals surface area contributed by atoms with E-state index in [0.717, 1.165) is 11.1 Å². The second-order valence-corrected chi connectivity index (χ2v) is 34.9. The van der Waals surface area contributed by atoms with Crippen LogP contribution in [0.25, 0.3) is 0 Å². The van der Waals surface area contributed by atoms with E-state index in [1.54, 1.807) is 71.9 Å². The molecule has 38 nitrogen and oxygen atoms in total. The van der Waals surface area contributed by atoms with Crippen molar-refractivity contribution >= 4 is 124 Å². The van der Waals surface area contributed by atoms with E-state index in [2.05, 4.69) is 85.1 Å². The molecule has 2 heterocycles. The molecule has 0 spiro atoms. The van der Waals surface area contributed by atoms with Gasteiger partial charge in [-0.1, -0.05) is 130 Å². The first-order valence-corrected chi connectivity index (χ1v) is 45.0. The van der Waals surface area contributed by atoms with E-state index in [1.807, 2.05) is 52.0 Å². The van der Waals surface area contributed by atoms with Crippen molar-refractivity contribution in [1.29, 1.82) is 0 Å². The molecule has 2 bridgehead atoms. The van der Waals surface area contributed by atoms with Gasteiger partial charge >= 0.3 is 0 Å². The summed E-state index contributed by atoms with van der Waals surface area (Å²) < 4.78 is 0. The zero-order valence-corrected chi connectivity index (χ0v) is 75.6. The highest BCUT2D eigenvalue weighted by Gasteiger charge is 2.39. The van der Waals surface area contributed by atoms with Crippen LogP contribution in [0.3, 0.4) is 0 Å². The van der Waals surface area contributed by atoms with Gasteiger partial charge in [-0.25, -0.2) is 0 Å². The molecule has 40 heteroatoms. The number of unbranched alkanes of at least 4 members (excludes halogenated alkanes) is 3. The van der Waals surface area contributed by atoms with Gasteiger partial charge in [-0.05, 0) is 150 Å². The average molecular weight is 1780 g/mol. The van der Waals surface area contributed by atoms with E-state index in [9.17, 15) is 86.6 Å².